The molecule has 0 saturated heterocycles. The molecule has 0 aromatic heterocycles. The van der Waals surface area contributed by atoms with Crippen molar-refractivity contribution >= 4 is 5.69 Å². The molecule has 0 spiro atoms. The lowest BCUT2D eigenvalue weighted by atomic mass is 10.3. The van der Waals surface area contributed by atoms with Crippen LogP contribution in [0.1, 0.15) is 0 Å². The molecule has 80 valence electrons. The summed E-state index contributed by atoms with van der Waals surface area (Å²) in [5.74, 6) is 1.04. The molecule has 4 nitrogen and oxygen atoms in total. The molecule has 3 N–H and O–H groups in total. The van der Waals surface area contributed by atoms with Gasteiger partial charge in [0.1, 0.15) is 5.75 Å². The number of allylic oxidation sites excluding steroid dienone is 2. The maximum Gasteiger partial charge on any atom is 0.217 e. The minimum absolute atomic E-state index is 0.251. The molecule has 0 aliphatic rings. The highest BCUT2D eigenvalue weighted by Gasteiger charge is 1.94. The van der Waals surface area contributed by atoms with Crippen LogP contribution < -0.4 is 16.0 Å². The number of nitrogens with two attached hydrogens (primary N) is 1. The van der Waals surface area contributed by atoms with Gasteiger partial charge in [0.25, 0.3) is 0 Å². The van der Waals surface area contributed by atoms with Gasteiger partial charge in [-0.2, -0.15) is 0 Å². The Hall–Kier alpha value is -2.10. The summed E-state index contributed by atoms with van der Waals surface area (Å²) in [6, 6.07) is 7.28. The van der Waals surface area contributed by atoms with Crippen LogP contribution in [0, 0.1) is 0 Å². The van der Waals surface area contributed by atoms with Crippen molar-refractivity contribution in [2.75, 3.05) is 12.6 Å². The van der Waals surface area contributed by atoms with Crippen LogP contribution in [0.4, 0.5) is 5.69 Å². The number of hydrogen-bond donors (Lipinski definition) is 2. The van der Waals surface area contributed by atoms with E-state index < -0.39 is 0 Å². The van der Waals surface area contributed by atoms with E-state index in [1.165, 1.54) is 0 Å². The molecule has 0 saturated carbocycles. The zero-order valence-electron chi connectivity index (χ0n) is 8.57. The number of anilines is 1. The van der Waals surface area contributed by atoms with Crippen molar-refractivity contribution in [3.05, 3.63) is 48.9 Å². The molecule has 1 rings (SSSR count). The molecule has 0 unspecified atom stereocenters. The molecule has 15 heavy (non-hydrogen) atoms. The van der Waals surface area contributed by atoms with Crippen molar-refractivity contribution < 1.29 is 9.57 Å². The molecule has 0 radical (unpaired) electrons. The Kier molecular flexibility index (Phi) is 4.09. The normalized spacial score (nSPS) is 10.6. The Balaban J connectivity index is 2.51. The SMILES string of the molecule is C=C/C=C(/N)ONc1ccc(OC)cc1. The number of hydrogen-bond acceptors (Lipinski definition) is 4. The molecule has 0 heterocycles. The van der Waals surface area contributed by atoms with Gasteiger partial charge in [-0.25, -0.2) is 5.48 Å². The Bertz CT molecular complexity index is 344. The second-order valence-corrected chi connectivity index (χ2v) is 2.74. The molecule has 0 aliphatic heterocycles. The van der Waals surface area contributed by atoms with Crippen LogP contribution in [0.15, 0.2) is 48.9 Å². The summed E-state index contributed by atoms with van der Waals surface area (Å²) in [6.07, 6.45) is 3.10. The van der Waals surface area contributed by atoms with Gasteiger partial charge in [0.15, 0.2) is 0 Å². The first-order chi connectivity index (χ1) is 7.26. The predicted molar refractivity (Wildman–Crippen MR) is 60.2 cm³/mol. The summed E-state index contributed by atoms with van der Waals surface area (Å²) in [5.41, 5.74) is 8.94. The monoisotopic (exact) mass is 206 g/mol. The molecule has 1 aromatic carbocycles. The lowest BCUT2D eigenvalue weighted by Gasteiger charge is -2.07. The number of ether oxygens (including phenoxy) is 1. The van der Waals surface area contributed by atoms with Gasteiger partial charge in [-0.05, 0) is 24.3 Å². The van der Waals surface area contributed by atoms with Gasteiger partial charge >= 0.3 is 0 Å². The van der Waals surface area contributed by atoms with E-state index in [0.29, 0.717) is 0 Å². The van der Waals surface area contributed by atoms with Gasteiger partial charge in [-0.3, -0.25) is 0 Å². The van der Waals surface area contributed by atoms with E-state index in [-0.39, 0.29) is 5.88 Å². The minimum atomic E-state index is 0.251. The number of nitrogens with one attached hydrogen (secondary N) is 1. The third-order valence-electron chi connectivity index (χ3n) is 1.66. The molecule has 0 fully saturated rings. The van der Waals surface area contributed by atoms with E-state index in [9.17, 15) is 0 Å². The van der Waals surface area contributed by atoms with Crippen LogP contribution in [-0.2, 0) is 4.84 Å². The van der Waals surface area contributed by atoms with Gasteiger partial charge in [0, 0.05) is 6.08 Å². The van der Waals surface area contributed by atoms with Crippen LogP contribution in [0.2, 0.25) is 0 Å². The number of methoxy groups -OCH3 is 1. The topological polar surface area (TPSA) is 56.5 Å². The molecule has 0 bridgehead atoms. The van der Waals surface area contributed by atoms with E-state index >= 15 is 0 Å². The molecular weight excluding hydrogens is 192 g/mol. The lowest BCUT2D eigenvalue weighted by molar-refractivity contribution is 0.281. The van der Waals surface area contributed by atoms with Gasteiger partial charge in [0.2, 0.25) is 5.88 Å². The Morgan fingerprint density at radius 2 is 2.07 bits per heavy atom. The molecule has 0 aliphatic carbocycles. The predicted octanol–water partition coefficient (Wildman–Crippen LogP) is 2.02. The first-order valence-electron chi connectivity index (χ1n) is 4.41. The lowest BCUT2D eigenvalue weighted by Crippen LogP contribution is -2.07. The highest BCUT2D eigenvalue weighted by atomic mass is 16.7. The standard InChI is InChI=1S/C11H14N2O2/c1-3-4-11(12)15-13-9-5-7-10(14-2)8-6-9/h3-8,13H,1,12H2,2H3/b11-4-. The van der Waals surface area contributed by atoms with E-state index in [2.05, 4.69) is 12.1 Å². The van der Waals surface area contributed by atoms with Crippen LogP contribution in [0.5, 0.6) is 5.75 Å². The Labute approximate surface area is 88.9 Å². The summed E-state index contributed by atoms with van der Waals surface area (Å²) in [5, 5.41) is 0. The van der Waals surface area contributed by atoms with E-state index in [0.717, 1.165) is 11.4 Å². The highest BCUT2D eigenvalue weighted by molar-refractivity contribution is 5.44. The van der Waals surface area contributed by atoms with E-state index in [1.54, 1.807) is 19.3 Å². The molecule has 0 atom stereocenters. The van der Waals surface area contributed by atoms with Gasteiger partial charge in [-0.15, -0.1) is 0 Å². The van der Waals surface area contributed by atoms with E-state index in [4.69, 9.17) is 15.3 Å². The fourth-order valence-corrected chi connectivity index (χ4v) is 0.927. The third-order valence-corrected chi connectivity index (χ3v) is 1.66. The molecule has 4 heteroatoms. The number of benzene rings is 1. The fourth-order valence-electron chi connectivity index (χ4n) is 0.927. The van der Waals surface area contributed by atoms with Crippen molar-refractivity contribution in [3.8, 4) is 5.75 Å². The Morgan fingerprint density at radius 3 is 2.60 bits per heavy atom. The maximum atomic E-state index is 5.47. The van der Waals surface area contributed by atoms with Crippen molar-refractivity contribution in [2.24, 2.45) is 5.73 Å². The quantitative estimate of drug-likeness (QED) is 0.439. The summed E-state index contributed by atoms with van der Waals surface area (Å²) >= 11 is 0. The van der Waals surface area contributed by atoms with Gasteiger partial charge in [0.05, 0.1) is 12.8 Å². The molecule has 0 amide bonds. The van der Waals surface area contributed by atoms with Crippen molar-refractivity contribution in [1.82, 2.24) is 0 Å². The fraction of sp³-hybridized carbons (Fsp3) is 0.0909. The third kappa shape index (κ3) is 3.64. The van der Waals surface area contributed by atoms with Gasteiger partial charge < -0.3 is 15.3 Å². The first-order valence-corrected chi connectivity index (χ1v) is 4.41. The zero-order chi connectivity index (χ0) is 11.1. The molecular formula is C11H14N2O2. The number of rotatable bonds is 5. The summed E-state index contributed by atoms with van der Waals surface area (Å²) < 4.78 is 5.02. The molecule has 1 aromatic rings. The second kappa shape index (κ2) is 5.59. The minimum Gasteiger partial charge on any atom is -0.497 e. The van der Waals surface area contributed by atoms with E-state index in [1.807, 2.05) is 24.3 Å². The van der Waals surface area contributed by atoms with Crippen LogP contribution in [0.3, 0.4) is 0 Å². The average molecular weight is 206 g/mol. The summed E-state index contributed by atoms with van der Waals surface area (Å²) in [4.78, 5) is 5.02. The highest BCUT2D eigenvalue weighted by Crippen LogP contribution is 2.15. The zero-order valence-corrected chi connectivity index (χ0v) is 8.57. The van der Waals surface area contributed by atoms with Crippen LogP contribution in [-0.4, -0.2) is 7.11 Å². The van der Waals surface area contributed by atoms with Crippen molar-refractivity contribution in [1.29, 1.82) is 0 Å². The average Bonchev–Trinajstić information content (AvgIpc) is 2.27. The van der Waals surface area contributed by atoms with Gasteiger partial charge in [-0.1, -0.05) is 12.7 Å². The summed E-state index contributed by atoms with van der Waals surface area (Å²) in [7, 11) is 1.61. The largest absolute Gasteiger partial charge is 0.497 e. The van der Waals surface area contributed by atoms with Crippen LogP contribution in [0.25, 0.3) is 0 Å². The van der Waals surface area contributed by atoms with Crippen molar-refractivity contribution in [3.63, 3.8) is 0 Å². The smallest absolute Gasteiger partial charge is 0.217 e. The van der Waals surface area contributed by atoms with Crippen molar-refractivity contribution in [2.45, 2.75) is 0 Å². The maximum absolute atomic E-state index is 5.47. The summed E-state index contributed by atoms with van der Waals surface area (Å²) in [6.45, 7) is 3.50. The van der Waals surface area contributed by atoms with Crippen LogP contribution >= 0.6 is 0 Å². The second-order valence-electron chi connectivity index (χ2n) is 2.74. The first kappa shape index (κ1) is 11.0. The Morgan fingerprint density at radius 1 is 1.40 bits per heavy atom.